The highest BCUT2D eigenvalue weighted by atomic mass is 16.5. The van der Waals surface area contributed by atoms with Gasteiger partial charge < -0.3 is 4.74 Å². The molecule has 0 fully saturated rings. The van der Waals surface area contributed by atoms with E-state index in [1.165, 1.54) is 0 Å². The molecule has 2 heterocycles. The lowest BCUT2D eigenvalue weighted by Gasteiger charge is -2.01. The lowest BCUT2D eigenvalue weighted by atomic mass is 10.2. The summed E-state index contributed by atoms with van der Waals surface area (Å²) in [6.07, 6.45) is 1.67. The first-order valence-electron chi connectivity index (χ1n) is 3.94. The summed E-state index contributed by atoms with van der Waals surface area (Å²) in [6.45, 7) is 1.93. The second kappa shape index (κ2) is 2.97. The number of methoxy groups -OCH3 is 1. The Morgan fingerprint density at radius 3 is 2.92 bits per heavy atom. The normalized spacial score (nSPS) is 10.3. The molecule has 0 spiro atoms. The molecule has 2 aromatic heterocycles. The molecule has 2 aromatic rings. The molecule has 13 heavy (non-hydrogen) atoms. The molecule has 0 saturated heterocycles. The monoisotopic (exact) mass is 175 g/mol. The van der Waals surface area contributed by atoms with E-state index in [-0.39, 0.29) is 0 Å². The van der Waals surface area contributed by atoms with Crippen LogP contribution in [0.2, 0.25) is 0 Å². The van der Waals surface area contributed by atoms with Crippen molar-refractivity contribution >= 4 is 10.9 Å². The van der Waals surface area contributed by atoms with E-state index in [0.29, 0.717) is 5.88 Å². The summed E-state index contributed by atoms with van der Waals surface area (Å²) in [4.78, 5) is 4.32. The highest BCUT2D eigenvalue weighted by Gasteiger charge is 2.03. The van der Waals surface area contributed by atoms with Crippen LogP contribution in [0.3, 0.4) is 0 Å². The minimum atomic E-state index is 0.473. The second-order valence-corrected chi connectivity index (χ2v) is 2.74. The van der Waals surface area contributed by atoms with Crippen LogP contribution in [0.25, 0.3) is 10.9 Å². The highest BCUT2D eigenvalue weighted by Crippen LogP contribution is 2.18. The summed E-state index contributed by atoms with van der Waals surface area (Å²) in [7, 11) is 1.56. The van der Waals surface area contributed by atoms with E-state index in [1.807, 2.05) is 19.1 Å². The zero-order valence-electron chi connectivity index (χ0n) is 7.48. The van der Waals surface area contributed by atoms with Crippen molar-refractivity contribution in [3.8, 4) is 5.88 Å². The molecule has 0 atom stereocenters. The molecule has 0 bridgehead atoms. The molecule has 4 nitrogen and oxygen atoms in total. The van der Waals surface area contributed by atoms with Crippen LogP contribution in [0.15, 0.2) is 18.3 Å². The quantitative estimate of drug-likeness (QED) is 0.656. The van der Waals surface area contributed by atoms with Crippen LogP contribution in [0.5, 0.6) is 5.88 Å². The van der Waals surface area contributed by atoms with Gasteiger partial charge in [-0.2, -0.15) is 5.10 Å². The van der Waals surface area contributed by atoms with Crippen LogP contribution in [-0.2, 0) is 0 Å². The average Bonchev–Trinajstić information content (AvgIpc) is 2.17. The third kappa shape index (κ3) is 1.30. The lowest BCUT2D eigenvalue weighted by Crippen LogP contribution is -1.94. The topological polar surface area (TPSA) is 47.9 Å². The summed E-state index contributed by atoms with van der Waals surface area (Å²) >= 11 is 0. The van der Waals surface area contributed by atoms with E-state index in [2.05, 4.69) is 15.2 Å². The molecular weight excluding hydrogens is 166 g/mol. The molecule has 0 aliphatic heterocycles. The molecule has 0 aromatic carbocycles. The Morgan fingerprint density at radius 1 is 1.31 bits per heavy atom. The van der Waals surface area contributed by atoms with Crippen molar-refractivity contribution in [3.63, 3.8) is 0 Å². The molecular formula is C9H9N3O. The number of ether oxygens (including phenoxy) is 1. The van der Waals surface area contributed by atoms with E-state index in [0.717, 1.165) is 16.6 Å². The molecule has 0 unspecified atom stereocenters. The largest absolute Gasteiger partial charge is 0.478 e. The van der Waals surface area contributed by atoms with Crippen LogP contribution in [0.1, 0.15) is 5.69 Å². The Kier molecular flexibility index (Phi) is 1.81. The SMILES string of the molecule is COc1nncc2ccc(C)nc12. The van der Waals surface area contributed by atoms with Crippen molar-refractivity contribution in [2.75, 3.05) is 7.11 Å². The maximum atomic E-state index is 5.05. The number of pyridine rings is 1. The Bertz CT molecular complexity index is 442. The van der Waals surface area contributed by atoms with Crippen molar-refractivity contribution in [2.24, 2.45) is 0 Å². The van der Waals surface area contributed by atoms with Gasteiger partial charge in [0.2, 0.25) is 0 Å². The summed E-state index contributed by atoms with van der Waals surface area (Å²) in [6, 6.07) is 3.89. The van der Waals surface area contributed by atoms with Gasteiger partial charge in [-0.1, -0.05) is 0 Å². The molecule has 0 amide bonds. The molecule has 66 valence electrons. The number of hydrogen-bond acceptors (Lipinski definition) is 4. The number of aromatic nitrogens is 3. The molecule has 0 aliphatic rings. The van der Waals surface area contributed by atoms with E-state index in [9.17, 15) is 0 Å². The molecule has 4 heteroatoms. The molecule has 0 N–H and O–H groups in total. The van der Waals surface area contributed by atoms with Crippen molar-refractivity contribution in [1.29, 1.82) is 0 Å². The van der Waals surface area contributed by atoms with Gasteiger partial charge in [0.05, 0.1) is 13.3 Å². The van der Waals surface area contributed by atoms with Crippen molar-refractivity contribution in [2.45, 2.75) is 6.92 Å². The maximum Gasteiger partial charge on any atom is 0.259 e. The van der Waals surface area contributed by atoms with Gasteiger partial charge in [-0.25, -0.2) is 4.98 Å². The number of aryl methyl sites for hydroxylation is 1. The molecule has 0 saturated carbocycles. The molecule has 0 aliphatic carbocycles. The first kappa shape index (κ1) is 7.91. The average molecular weight is 175 g/mol. The minimum absolute atomic E-state index is 0.473. The van der Waals surface area contributed by atoms with Gasteiger partial charge in [0, 0.05) is 11.1 Å². The maximum absolute atomic E-state index is 5.05. The fourth-order valence-electron chi connectivity index (χ4n) is 1.17. The van der Waals surface area contributed by atoms with Crippen LogP contribution in [0, 0.1) is 6.92 Å². The van der Waals surface area contributed by atoms with Gasteiger partial charge in [0.25, 0.3) is 5.88 Å². The van der Waals surface area contributed by atoms with Crippen LogP contribution in [0.4, 0.5) is 0 Å². The van der Waals surface area contributed by atoms with E-state index < -0.39 is 0 Å². The summed E-state index contributed by atoms with van der Waals surface area (Å²) in [5, 5.41) is 8.57. The number of rotatable bonds is 1. The Hall–Kier alpha value is -1.71. The van der Waals surface area contributed by atoms with Crippen molar-refractivity contribution < 1.29 is 4.74 Å². The zero-order valence-corrected chi connectivity index (χ0v) is 7.48. The third-order valence-electron chi connectivity index (χ3n) is 1.81. The zero-order chi connectivity index (χ0) is 9.26. The van der Waals surface area contributed by atoms with Crippen molar-refractivity contribution in [3.05, 3.63) is 24.0 Å². The van der Waals surface area contributed by atoms with Gasteiger partial charge in [-0.3, -0.25) is 0 Å². The number of fused-ring (bicyclic) bond motifs is 1. The highest BCUT2D eigenvalue weighted by molar-refractivity contribution is 5.81. The number of hydrogen-bond donors (Lipinski definition) is 0. The molecule has 0 radical (unpaired) electrons. The van der Waals surface area contributed by atoms with E-state index in [1.54, 1.807) is 13.3 Å². The van der Waals surface area contributed by atoms with Gasteiger partial charge in [-0.15, -0.1) is 5.10 Å². The van der Waals surface area contributed by atoms with Crippen LogP contribution >= 0.6 is 0 Å². The smallest absolute Gasteiger partial charge is 0.259 e. The van der Waals surface area contributed by atoms with Gasteiger partial charge in [-0.05, 0) is 19.1 Å². The van der Waals surface area contributed by atoms with Gasteiger partial charge >= 0.3 is 0 Å². The first-order chi connectivity index (χ1) is 6.31. The first-order valence-corrected chi connectivity index (χ1v) is 3.94. The van der Waals surface area contributed by atoms with E-state index >= 15 is 0 Å². The van der Waals surface area contributed by atoms with Gasteiger partial charge in [0.1, 0.15) is 5.52 Å². The van der Waals surface area contributed by atoms with Crippen LogP contribution < -0.4 is 4.74 Å². The minimum Gasteiger partial charge on any atom is -0.478 e. The second-order valence-electron chi connectivity index (χ2n) is 2.74. The fraction of sp³-hybridized carbons (Fsp3) is 0.222. The summed E-state index contributed by atoms with van der Waals surface area (Å²) in [5.41, 5.74) is 1.70. The predicted octanol–water partition coefficient (Wildman–Crippen LogP) is 1.34. The van der Waals surface area contributed by atoms with Crippen LogP contribution in [-0.4, -0.2) is 22.3 Å². The van der Waals surface area contributed by atoms with Crippen molar-refractivity contribution in [1.82, 2.24) is 15.2 Å². The molecule has 2 rings (SSSR count). The van der Waals surface area contributed by atoms with Gasteiger partial charge in [0.15, 0.2) is 0 Å². The Balaban J connectivity index is 2.79. The predicted molar refractivity (Wildman–Crippen MR) is 48.6 cm³/mol. The Labute approximate surface area is 75.6 Å². The summed E-state index contributed by atoms with van der Waals surface area (Å²) in [5.74, 6) is 0.473. The van der Waals surface area contributed by atoms with E-state index in [4.69, 9.17) is 4.74 Å². The third-order valence-corrected chi connectivity index (χ3v) is 1.81. The number of nitrogens with zero attached hydrogens (tertiary/aromatic N) is 3. The lowest BCUT2D eigenvalue weighted by molar-refractivity contribution is 0.396. The summed E-state index contributed by atoms with van der Waals surface area (Å²) < 4.78 is 5.05. The fourth-order valence-corrected chi connectivity index (χ4v) is 1.17. The standard InChI is InChI=1S/C9H9N3O/c1-6-3-4-7-5-10-12-9(13-2)8(7)11-6/h3-5H,1-2H3. The Morgan fingerprint density at radius 2 is 2.15 bits per heavy atom.